The van der Waals surface area contributed by atoms with Crippen molar-refractivity contribution in [3.8, 4) is 5.75 Å². The van der Waals surface area contributed by atoms with Crippen LogP contribution in [0.1, 0.15) is 37.7 Å². The molecule has 2 heterocycles. The van der Waals surface area contributed by atoms with Gasteiger partial charge in [0, 0.05) is 39.1 Å². The van der Waals surface area contributed by atoms with Crippen LogP contribution >= 0.6 is 12.4 Å². The molecule has 7 heteroatoms. The number of hydrogen-bond acceptors (Lipinski definition) is 4. The van der Waals surface area contributed by atoms with Gasteiger partial charge in [-0.2, -0.15) is 0 Å². The molecule has 0 spiro atoms. The van der Waals surface area contributed by atoms with Gasteiger partial charge in [0.15, 0.2) is 6.61 Å². The van der Waals surface area contributed by atoms with E-state index < -0.39 is 0 Å². The molecule has 6 nitrogen and oxygen atoms in total. The molecule has 2 N–H and O–H groups in total. The molecule has 1 aromatic rings. The van der Waals surface area contributed by atoms with E-state index in [0.29, 0.717) is 36.7 Å². The topological polar surface area (TPSA) is 70.7 Å². The monoisotopic (exact) mass is 395 g/mol. The Kier molecular flexibility index (Phi) is 7.92. The van der Waals surface area contributed by atoms with Crippen molar-refractivity contribution in [2.45, 2.75) is 50.7 Å². The summed E-state index contributed by atoms with van der Waals surface area (Å²) >= 11 is 0. The molecular weight excluding hydrogens is 366 g/mol. The zero-order valence-electron chi connectivity index (χ0n) is 16.1. The number of halogens is 1. The standard InChI is InChI=1S/C20H29N3O3.ClH/c1-23(2)20(25)13-26-18-5-3-4-14(10-18)12-21-19(24)11-15-8-16-6-7-17(9-15)22-16;/h3-5,10,15-17,22H,6-9,11-13H2,1-2H3,(H,21,24);1H. The molecule has 0 radical (unpaired) electrons. The smallest absolute Gasteiger partial charge is 0.259 e. The second-order valence-electron chi connectivity index (χ2n) is 7.68. The van der Waals surface area contributed by atoms with E-state index in [2.05, 4.69) is 10.6 Å². The third-order valence-corrected chi connectivity index (χ3v) is 5.29. The maximum Gasteiger partial charge on any atom is 0.259 e. The highest BCUT2D eigenvalue weighted by molar-refractivity contribution is 5.85. The number of ether oxygens (including phenoxy) is 1. The van der Waals surface area contributed by atoms with Crippen LogP contribution in [-0.2, 0) is 16.1 Å². The highest BCUT2D eigenvalue weighted by Gasteiger charge is 2.34. The van der Waals surface area contributed by atoms with E-state index in [-0.39, 0.29) is 30.8 Å². The number of nitrogens with zero attached hydrogens (tertiary/aromatic N) is 1. The summed E-state index contributed by atoms with van der Waals surface area (Å²) in [6, 6.07) is 8.75. The van der Waals surface area contributed by atoms with Crippen LogP contribution in [0.2, 0.25) is 0 Å². The Labute approximate surface area is 167 Å². The third kappa shape index (κ3) is 6.40. The number of fused-ring (bicyclic) bond motifs is 2. The van der Waals surface area contributed by atoms with Gasteiger partial charge in [0.1, 0.15) is 5.75 Å². The SMILES string of the molecule is CN(C)C(=O)COc1cccc(CNC(=O)CC2CC3CCC(C2)N3)c1.Cl. The summed E-state index contributed by atoms with van der Waals surface area (Å²) in [4.78, 5) is 25.4. The molecule has 2 amide bonds. The van der Waals surface area contributed by atoms with Crippen molar-refractivity contribution in [1.29, 1.82) is 0 Å². The number of amides is 2. The summed E-state index contributed by atoms with van der Waals surface area (Å²) in [5.41, 5.74) is 0.971. The van der Waals surface area contributed by atoms with Crippen molar-refractivity contribution in [2.75, 3.05) is 20.7 Å². The first-order valence-corrected chi connectivity index (χ1v) is 9.44. The van der Waals surface area contributed by atoms with Crippen LogP contribution in [0.25, 0.3) is 0 Å². The molecule has 2 fully saturated rings. The number of likely N-dealkylation sites (N-methyl/N-ethyl adjacent to an activating group) is 1. The van der Waals surface area contributed by atoms with Crippen LogP contribution in [-0.4, -0.2) is 49.5 Å². The quantitative estimate of drug-likeness (QED) is 0.741. The number of piperidine rings is 1. The van der Waals surface area contributed by atoms with E-state index >= 15 is 0 Å². The van der Waals surface area contributed by atoms with Gasteiger partial charge < -0.3 is 20.3 Å². The molecule has 0 aliphatic carbocycles. The largest absolute Gasteiger partial charge is 0.484 e. The lowest BCUT2D eigenvalue weighted by Crippen LogP contribution is -2.39. The van der Waals surface area contributed by atoms with E-state index in [1.807, 2.05) is 24.3 Å². The fourth-order valence-electron chi connectivity index (χ4n) is 3.90. The van der Waals surface area contributed by atoms with Gasteiger partial charge in [-0.15, -0.1) is 12.4 Å². The number of nitrogens with one attached hydrogen (secondary N) is 2. The Morgan fingerprint density at radius 3 is 2.59 bits per heavy atom. The first kappa shape index (κ1) is 21.5. The van der Waals surface area contributed by atoms with Crippen LogP contribution in [0.15, 0.2) is 24.3 Å². The Morgan fingerprint density at radius 2 is 1.93 bits per heavy atom. The van der Waals surface area contributed by atoms with Crippen LogP contribution in [0.4, 0.5) is 0 Å². The second kappa shape index (κ2) is 9.95. The average molecular weight is 396 g/mol. The number of benzene rings is 1. The van der Waals surface area contributed by atoms with Gasteiger partial charge in [0.05, 0.1) is 0 Å². The molecule has 1 aromatic carbocycles. The summed E-state index contributed by atoms with van der Waals surface area (Å²) in [7, 11) is 3.40. The third-order valence-electron chi connectivity index (χ3n) is 5.29. The van der Waals surface area contributed by atoms with E-state index in [1.54, 1.807) is 14.1 Å². The lowest BCUT2D eigenvalue weighted by atomic mass is 9.89. The maximum atomic E-state index is 12.3. The molecule has 27 heavy (non-hydrogen) atoms. The van der Waals surface area contributed by atoms with Gasteiger partial charge in [0.2, 0.25) is 5.91 Å². The molecule has 2 bridgehead atoms. The lowest BCUT2D eigenvalue weighted by Gasteiger charge is -2.28. The Balaban J connectivity index is 0.00000261. The lowest BCUT2D eigenvalue weighted by molar-refractivity contribution is -0.130. The Bertz CT molecular complexity index is 641. The van der Waals surface area contributed by atoms with Crippen molar-refractivity contribution in [2.24, 2.45) is 5.92 Å². The first-order valence-electron chi connectivity index (χ1n) is 9.44. The van der Waals surface area contributed by atoms with Crippen molar-refractivity contribution < 1.29 is 14.3 Å². The molecule has 2 atom stereocenters. The molecular formula is C20H30ClN3O3. The minimum absolute atomic E-state index is 0. The Hall–Kier alpha value is -1.79. The van der Waals surface area contributed by atoms with Crippen molar-refractivity contribution >= 4 is 24.2 Å². The highest BCUT2D eigenvalue weighted by atomic mass is 35.5. The number of rotatable bonds is 7. The summed E-state index contributed by atoms with van der Waals surface area (Å²) in [5, 5.41) is 6.63. The van der Waals surface area contributed by atoms with E-state index in [9.17, 15) is 9.59 Å². The summed E-state index contributed by atoms with van der Waals surface area (Å²) < 4.78 is 5.52. The average Bonchev–Trinajstić information content (AvgIpc) is 2.96. The summed E-state index contributed by atoms with van der Waals surface area (Å²) in [6.07, 6.45) is 5.36. The summed E-state index contributed by atoms with van der Waals surface area (Å²) in [6.45, 7) is 0.496. The Morgan fingerprint density at radius 1 is 1.22 bits per heavy atom. The minimum Gasteiger partial charge on any atom is -0.484 e. The predicted octanol–water partition coefficient (Wildman–Crippen LogP) is 2.11. The van der Waals surface area contributed by atoms with Gasteiger partial charge in [-0.3, -0.25) is 9.59 Å². The fourth-order valence-corrected chi connectivity index (χ4v) is 3.90. The van der Waals surface area contributed by atoms with Crippen LogP contribution in [0.5, 0.6) is 5.75 Å². The highest BCUT2D eigenvalue weighted by Crippen LogP contribution is 2.32. The predicted molar refractivity (Wildman–Crippen MR) is 107 cm³/mol. The van der Waals surface area contributed by atoms with Gasteiger partial charge in [-0.05, 0) is 49.3 Å². The molecule has 3 rings (SSSR count). The van der Waals surface area contributed by atoms with E-state index in [4.69, 9.17) is 4.74 Å². The molecule has 2 aliphatic heterocycles. The number of carbonyl (C=O) groups excluding carboxylic acids is 2. The molecule has 2 unspecified atom stereocenters. The zero-order chi connectivity index (χ0) is 18.5. The van der Waals surface area contributed by atoms with Gasteiger partial charge in [-0.1, -0.05) is 12.1 Å². The van der Waals surface area contributed by atoms with Crippen molar-refractivity contribution in [1.82, 2.24) is 15.5 Å². The zero-order valence-corrected chi connectivity index (χ0v) is 16.9. The normalized spacial score (nSPS) is 23.3. The maximum absolute atomic E-state index is 12.3. The number of hydrogen-bond donors (Lipinski definition) is 2. The van der Waals surface area contributed by atoms with Gasteiger partial charge in [-0.25, -0.2) is 0 Å². The molecule has 0 aromatic heterocycles. The van der Waals surface area contributed by atoms with Gasteiger partial charge >= 0.3 is 0 Å². The minimum atomic E-state index is -0.0837. The van der Waals surface area contributed by atoms with Crippen LogP contribution in [0, 0.1) is 5.92 Å². The molecule has 0 saturated carbocycles. The van der Waals surface area contributed by atoms with Crippen LogP contribution in [0.3, 0.4) is 0 Å². The molecule has 150 valence electrons. The first-order chi connectivity index (χ1) is 12.5. The summed E-state index contributed by atoms with van der Waals surface area (Å²) in [5.74, 6) is 1.17. The second-order valence-corrected chi connectivity index (χ2v) is 7.68. The molecule has 2 aliphatic rings. The van der Waals surface area contributed by atoms with E-state index in [0.717, 1.165) is 18.4 Å². The molecule has 2 saturated heterocycles. The number of carbonyl (C=O) groups is 2. The van der Waals surface area contributed by atoms with Crippen LogP contribution < -0.4 is 15.4 Å². The fraction of sp³-hybridized carbons (Fsp3) is 0.600. The van der Waals surface area contributed by atoms with Crippen molar-refractivity contribution in [3.05, 3.63) is 29.8 Å². The van der Waals surface area contributed by atoms with Crippen molar-refractivity contribution in [3.63, 3.8) is 0 Å². The van der Waals surface area contributed by atoms with E-state index in [1.165, 1.54) is 17.7 Å². The van der Waals surface area contributed by atoms with Gasteiger partial charge in [0.25, 0.3) is 5.91 Å².